The van der Waals surface area contributed by atoms with Gasteiger partial charge in [0.2, 0.25) is 0 Å². The Kier molecular flexibility index (Phi) is 31.3. The molecule has 30 heavy (non-hydrogen) atoms. The molecule has 0 saturated heterocycles. The number of rotatable bonds is 7. The number of nitrogens with zero attached hydrogens (tertiary/aromatic N) is 1. The van der Waals surface area contributed by atoms with E-state index in [1.54, 1.807) is 6.92 Å². The third kappa shape index (κ3) is 23.8. The van der Waals surface area contributed by atoms with Crippen LogP contribution in [0.1, 0.15) is 38.8 Å². The largest absolute Gasteiger partial charge is 0.397 e. The van der Waals surface area contributed by atoms with Crippen LogP contribution in [0.3, 0.4) is 0 Å². The molecule has 0 atom stereocenters. The summed E-state index contributed by atoms with van der Waals surface area (Å²) < 4.78 is 0. The van der Waals surface area contributed by atoms with Gasteiger partial charge in [-0.15, -0.1) is 0 Å². The van der Waals surface area contributed by atoms with Gasteiger partial charge in [-0.1, -0.05) is 107 Å². The Labute approximate surface area is 184 Å². The van der Waals surface area contributed by atoms with E-state index in [1.807, 2.05) is 98.5 Å². The zero-order chi connectivity index (χ0) is 23.5. The van der Waals surface area contributed by atoms with E-state index in [9.17, 15) is 0 Å². The van der Waals surface area contributed by atoms with Crippen molar-refractivity contribution < 1.29 is 15.3 Å². The van der Waals surface area contributed by atoms with Gasteiger partial charge in [-0.2, -0.15) is 0 Å². The lowest BCUT2D eigenvalue weighted by Crippen LogP contribution is -2.29. The second kappa shape index (κ2) is 29.0. The summed E-state index contributed by atoms with van der Waals surface area (Å²) in [5.41, 5.74) is 2.35. The molecule has 0 fully saturated rings. The maximum Gasteiger partial charge on any atom is 0.0558 e. The molecule has 0 unspecified atom stereocenters. The van der Waals surface area contributed by atoms with Crippen molar-refractivity contribution in [2.24, 2.45) is 0 Å². The maximum absolute atomic E-state index is 8.47. The van der Waals surface area contributed by atoms with Crippen LogP contribution < -0.4 is 0 Å². The number of likely N-dealkylation sites (N-methyl/N-ethyl adjacent to an activating group) is 1. The third-order valence-corrected chi connectivity index (χ3v) is 3.35. The van der Waals surface area contributed by atoms with Crippen molar-refractivity contribution in [1.29, 1.82) is 0 Å². The minimum Gasteiger partial charge on any atom is -0.397 e. The van der Waals surface area contributed by atoms with E-state index in [2.05, 4.69) is 13.2 Å². The molecule has 0 bridgehead atoms. The summed E-state index contributed by atoms with van der Waals surface area (Å²) in [4.78, 5) is 1.99. The Morgan fingerprint density at radius 3 is 1.17 bits per heavy atom. The number of benzene rings is 2. The molecule has 0 aromatic heterocycles. The van der Waals surface area contributed by atoms with Gasteiger partial charge >= 0.3 is 0 Å². The van der Waals surface area contributed by atoms with E-state index in [0.29, 0.717) is 13.1 Å². The SMILES string of the molecule is C=Cc1ccccc1.C=Cc1ccccc1.CC.CCN(CCO)CCO.CCO. The highest BCUT2D eigenvalue weighted by molar-refractivity contribution is 5.46. The fourth-order valence-electron chi connectivity index (χ4n) is 1.89. The minimum atomic E-state index is 0.174. The lowest BCUT2D eigenvalue weighted by Gasteiger charge is -2.16. The summed E-state index contributed by atoms with van der Waals surface area (Å²) in [6, 6.07) is 20.1. The van der Waals surface area contributed by atoms with Crippen LogP contribution in [0.5, 0.6) is 0 Å². The van der Waals surface area contributed by atoms with Gasteiger partial charge in [-0.3, -0.25) is 4.90 Å². The summed E-state index contributed by atoms with van der Waals surface area (Å²) in [6.45, 7) is 17.8. The van der Waals surface area contributed by atoms with Crippen molar-refractivity contribution in [1.82, 2.24) is 4.90 Å². The number of aliphatic hydroxyl groups excluding tert-OH is 3. The first-order chi connectivity index (χ1) is 14.6. The second-order valence-corrected chi connectivity index (χ2v) is 5.43. The average molecular weight is 418 g/mol. The van der Waals surface area contributed by atoms with Crippen LogP contribution >= 0.6 is 0 Å². The fourth-order valence-corrected chi connectivity index (χ4v) is 1.89. The van der Waals surface area contributed by atoms with Crippen molar-refractivity contribution in [2.45, 2.75) is 27.7 Å². The Bertz CT molecular complexity index is 510. The highest BCUT2D eigenvalue weighted by Crippen LogP contribution is 1.98. The lowest BCUT2D eigenvalue weighted by atomic mass is 10.2. The quantitative estimate of drug-likeness (QED) is 0.595. The monoisotopic (exact) mass is 417 g/mol. The normalized spacial score (nSPS) is 8.53. The van der Waals surface area contributed by atoms with Crippen molar-refractivity contribution >= 4 is 12.2 Å². The Morgan fingerprint density at radius 2 is 1.00 bits per heavy atom. The first-order valence-corrected chi connectivity index (χ1v) is 10.5. The predicted octanol–water partition coefficient (Wildman–Crippen LogP) is 4.98. The molecule has 0 spiro atoms. The molecule has 0 aliphatic heterocycles. The third-order valence-electron chi connectivity index (χ3n) is 3.35. The Hall–Kier alpha value is -2.24. The van der Waals surface area contributed by atoms with E-state index in [4.69, 9.17) is 15.3 Å². The maximum atomic E-state index is 8.47. The molecule has 2 rings (SSSR count). The van der Waals surface area contributed by atoms with E-state index in [0.717, 1.165) is 6.54 Å². The molecule has 3 N–H and O–H groups in total. The molecule has 4 heteroatoms. The van der Waals surface area contributed by atoms with Gasteiger partial charge in [0.05, 0.1) is 13.2 Å². The topological polar surface area (TPSA) is 63.9 Å². The van der Waals surface area contributed by atoms with Gasteiger partial charge < -0.3 is 15.3 Å². The first-order valence-electron chi connectivity index (χ1n) is 10.5. The molecule has 0 aliphatic carbocycles. The molecule has 0 radical (unpaired) electrons. The molecule has 170 valence electrons. The van der Waals surface area contributed by atoms with Gasteiger partial charge in [0.1, 0.15) is 0 Å². The zero-order valence-corrected chi connectivity index (χ0v) is 19.4. The minimum absolute atomic E-state index is 0.174. The molecule has 0 saturated carbocycles. The molecule has 2 aromatic rings. The average Bonchev–Trinajstić information content (AvgIpc) is 2.82. The highest BCUT2D eigenvalue weighted by atomic mass is 16.3. The second-order valence-electron chi connectivity index (χ2n) is 5.43. The number of hydrogen-bond acceptors (Lipinski definition) is 4. The molecule has 0 heterocycles. The summed E-state index contributed by atoms with van der Waals surface area (Å²) in [5.74, 6) is 0. The van der Waals surface area contributed by atoms with Crippen LogP contribution in [-0.4, -0.2) is 59.7 Å². The summed E-state index contributed by atoms with van der Waals surface area (Å²) in [5, 5.41) is 24.5. The van der Waals surface area contributed by atoms with Crippen LogP contribution in [0, 0.1) is 0 Å². The first kappa shape index (κ1) is 32.4. The van der Waals surface area contributed by atoms with Crippen molar-refractivity contribution in [3.63, 3.8) is 0 Å². The molecule has 4 nitrogen and oxygen atoms in total. The van der Waals surface area contributed by atoms with E-state index in [1.165, 1.54) is 11.1 Å². The van der Waals surface area contributed by atoms with Crippen LogP contribution in [0.2, 0.25) is 0 Å². The predicted molar refractivity (Wildman–Crippen MR) is 133 cm³/mol. The van der Waals surface area contributed by atoms with Gasteiger partial charge in [0.25, 0.3) is 0 Å². The Morgan fingerprint density at radius 1 is 0.700 bits per heavy atom. The van der Waals surface area contributed by atoms with Crippen molar-refractivity contribution in [2.75, 3.05) is 39.5 Å². The molecule has 0 amide bonds. The van der Waals surface area contributed by atoms with Crippen LogP contribution in [0.4, 0.5) is 0 Å². The summed E-state index contributed by atoms with van der Waals surface area (Å²) in [7, 11) is 0. The van der Waals surface area contributed by atoms with Crippen LogP contribution in [0.15, 0.2) is 73.8 Å². The smallest absolute Gasteiger partial charge is 0.0558 e. The van der Waals surface area contributed by atoms with E-state index in [-0.39, 0.29) is 19.8 Å². The number of aliphatic hydroxyl groups is 3. The lowest BCUT2D eigenvalue weighted by molar-refractivity contribution is 0.166. The van der Waals surface area contributed by atoms with Gasteiger partial charge in [-0.05, 0) is 24.6 Å². The highest BCUT2D eigenvalue weighted by Gasteiger charge is 1.97. The van der Waals surface area contributed by atoms with Gasteiger partial charge in [0.15, 0.2) is 0 Å². The Balaban J connectivity index is -0.000000329. The molecular weight excluding hydrogens is 374 g/mol. The van der Waals surface area contributed by atoms with Gasteiger partial charge in [0, 0.05) is 19.7 Å². The standard InChI is InChI=1S/2C8H8.C6H15NO2.C2H6O.C2H6/c2*1-2-8-6-4-3-5-7-8;1-2-7(3-5-8)4-6-9;1-2-3;1-2/h2*2-7H,1H2;8-9H,2-6H2,1H3;3H,2H2,1H3;1-2H3. The molecule has 0 aliphatic rings. The molecule has 2 aromatic carbocycles. The van der Waals surface area contributed by atoms with E-state index >= 15 is 0 Å². The van der Waals surface area contributed by atoms with Crippen LogP contribution in [-0.2, 0) is 0 Å². The zero-order valence-electron chi connectivity index (χ0n) is 19.4. The van der Waals surface area contributed by atoms with Crippen molar-refractivity contribution in [3.8, 4) is 0 Å². The van der Waals surface area contributed by atoms with Gasteiger partial charge in [-0.25, -0.2) is 0 Å². The summed E-state index contributed by atoms with van der Waals surface area (Å²) >= 11 is 0. The molecular formula is C26H43NO3. The number of hydrogen-bond donors (Lipinski definition) is 3. The van der Waals surface area contributed by atoms with Crippen molar-refractivity contribution in [3.05, 3.63) is 84.9 Å². The van der Waals surface area contributed by atoms with Crippen LogP contribution in [0.25, 0.3) is 12.2 Å². The van der Waals surface area contributed by atoms with E-state index < -0.39 is 0 Å². The fraction of sp³-hybridized carbons (Fsp3) is 0.385. The summed E-state index contributed by atoms with van der Waals surface area (Å²) in [6.07, 6.45) is 3.67.